The van der Waals surface area contributed by atoms with Crippen LogP contribution in [0.25, 0.3) is 0 Å². The molecule has 2 aromatic carbocycles. The molecule has 0 amide bonds. The summed E-state index contributed by atoms with van der Waals surface area (Å²) in [5, 5.41) is 0. The Labute approximate surface area is 146 Å². The van der Waals surface area contributed by atoms with E-state index in [0.717, 1.165) is 6.42 Å². The average molecular weight is 362 g/mol. The van der Waals surface area contributed by atoms with E-state index in [2.05, 4.69) is 0 Å². The quantitative estimate of drug-likeness (QED) is 0.728. The Kier molecular flexibility index (Phi) is 4.77. The van der Waals surface area contributed by atoms with Crippen LogP contribution < -0.4 is 9.05 Å². The van der Waals surface area contributed by atoms with E-state index in [1.165, 1.54) is 0 Å². The van der Waals surface area contributed by atoms with Gasteiger partial charge in [-0.3, -0.25) is 4.52 Å². The topological polar surface area (TPSA) is 63.2 Å². The van der Waals surface area contributed by atoms with E-state index in [0.29, 0.717) is 24.7 Å². The molecule has 132 valence electrons. The van der Waals surface area contributed by atoms with Crippen LogP contribution >= 0.6 is 7.82 Å². The van der Waals surface area contributed by atoms with Gasteiger partial charge in [0.25, 0.3) is 0 Å². The second-order valence-electron chi connectivity index (χ2n) is 5.90. The number of hydrogen-bond donors (Lipinski definition) is 0. The van der Waals surface area contributed by atoms with E-state index < -0.39 is 13.9 Å². The maximum absolute atomic E-state index is 13.3. The molecule has 0 saturated carbocycles. The minimum atomic E-state index is -3.92. The molecule has 2 aliphatic heterocycles. The lowest BCUT2D eigenvalue weighted by Crippen LogP contribution is -2.30. The van der Waals surface area contributed by atoms with E-state index >= 15 is 0 Å². The van der Waals surface area contributed by atoms with Crippen LogP contribution in [0.1, 0.15) is 6.42 Å². The van der Waals surface area contributed by atoms with Gasteiger partial charge in [-0.2, -0.15) is 0 Å². The molecule has 0 N–H and O–H groups in total. The molecule has 2 aromatic rings. The number of ether oxygens (including phenoxy) is 2. The van der Waals surface area contributed by atoms with Crippen LogP contribution in [0.3, 0.4) is 0 Å². The maximum Gasteiger partial charge on any atom is 0.588 e. The van der Waals surface area contributed by atoms with Crippen molar-refractivity contribution in [2.45, 2.75) is 24.7 Å². The number of benzene rings is 2. The lowest BCUT2D eigenvalue weighted by Gasteiger charge is -2.23. The van der Waals surface area contributed by atoms with Crippen molar-refractivity contribution in [3.8, 4) is 11.5 Å². The summed E-state index contributed by atoms with van der Waals surface area (Å²) in [4.78, 5) is 0. The average Bonchev–Trinajstić information content (AvgIpc) is 3.22. The molecule has 0 spiro atoms. The van der Waals surface area contributed by atoms with E-state index in [-0.39, 0.29) is 12.2 Å². The fourth-order valence-corrected chi connectivity index (χ4v) is 4.36. The van der Waals surface area contributed by atoms with Crippen LogP contribution in [0.4, 0.5) is 0 Å². The number of hydrogen-bond acceptors (Lipinski definition) is 6. The summed E-state index contributed by atoms with van der Waals surface area (Å²) in [5.74, 6) is 0.814. The number of para-hydroxylation sites is 2. The summed E-state index contributed by atoms with van der Waals surface area (Å²) in [7, 11) is -3.92. The molecule has 4 rings (SSSR count). The highest BCUT2D eigenvalue weighted by molar-refractivity contribution is 7.49. The zero-order valence-electron chi connectivity index (χ0n) is 13.5. The van der Waals surface area contributed by atoms with Crippen LogP contribution in [-0.4, -0.2) is 31.5 Å². The third kappa shape index (κ3) is 3.88. The molecular weight excluding hydrogens is 343 g/mol. The number of phosphoric acid groups is 1. The van der Waals surface area contributed by atoms with Crippen molar-refractivity contribution in [2.75, 3.05) is 13.2 Å². The molecule has 2 heterocycles. The highest BCUT2D eigenvalue weighted by Gasteiger charge is 2.47. The molecular formula is C18H19O6P. The molecule has 7 heteroatoms. The van der Waals surface area contributed by atoms with Gasteiger partial charge in [0.15, 0.2) is 0 Å². The Morgan fingerprint density at radius 2 is 1.48 bits per heavy atom. The molecule has 6 nitrogen and oxygen atoms in total. The van der Waals surface area contributed by atoms with Crippen molar-refractivity contribution < 1.29 is 27.6 Å². The Hall–Kier alpha value is -1.85. The Morgan fingerprint density at radius 3 is 2.08 bits per heavy atom. The van der Waals surface area contributed by atoms with E-state index in [1.807, 2.05) is 12.1 Å². The second kappa shape index (κ2) is 7.18. The Morgan fingerprint density at radius 1 is 0.880 bits per heavy atom. The van der Waals surface area contributed by atoms with Gasteiger partial charge in [0.1, 0.15) is 23.7 Å². The fraction of sp³-hybridized carbons (Fsp3) is 0.333. The summed E-state index contributed by atoms with van der Waals surface area (Å²) in [6, 6.07) is 17.6. The number of fused-ring (bicyclic) bond motifs is 1. The van der Waals surface area contributed by atoms with Gasteiger partial charge >= 0.3 is 7.82 Å². The molecule has 2 aliphatic rings. The van der Waals surface area contributed by atoms with Crippen LogP contribution in [0.2, 0.25) is 0 Å². The lowest BCUT2D eigenvalue weighted by atomic mass is 10.1. The van der Waals surface area contributed by atoms with E-state index in [1.54, 1.807) is 48.5 Å². The monoisotopic (exact) mass is 362 g/mol. The standard InChI is InChI=1S/C18H19O6P/c19-25(22-14-7-3-1-4-8-14,23-15-9-5-2-6-10-15)24-17-13-21-16-11-12-20-18(16)17/h1-10,16-18H,11-13H2. The van der Waals surface area contributed by atoms with Crippen LogP contribution in [0.15, 0.2) is 60.7 Å². The van der Waals surface area contributed by atoms with Gasteiger partial charge < -0.3 is 18.5 Å². The van der Waals surface area contributed by atoms with Gasteiger partial charge in [-0.15, -0.1) is 0 Å². The second-order valence-corrected chi connectivity index (χ2v) is 7.37. The number of rotatable bonds is 6. The predicted molar refractivity (Wildman–Crippen MR) is 90.7 cm³/mol. The molecule has 2 saturated heterocycles. The largest absolute Gasteiger partial charge is 0.588 e. The first-order valence-electron chi connectivity index (χ1n) is 8.23. The van der Waals surface area contributed by atoms with Gasteiger partial charge in [-0.05, 0) is 30.7 Å². The molecule has 3 atom stereocenters. The summed E-state index contributed by atoms with van der Waals surface area (Å²) in [6.07, 6.45) is 0.0539. The molecule has 0 aromatic heterocycles. The molecule has 2 fully saturated rings. The van der Waals surface area contributed by atoms with Gasteiger partial charge in [0.2, 0.25) is 0 Å². The highest BCUT2D eigenvalue weighted by Crippen LogP contribution is 2.52. The lowest BCUT2D eigenvalue weighted by molar-refractivity contribution is 0.0192. The molecule has 3 unspecified atom stereocenters. The fourth-order valence-electron chi connectivity index (χ4n) is 2.97. The first-order chi connectivity index (χ1) is 12.2. The van der Waals surface area contributed by atoms with Crippen molar-refractivity contribution in [3.05, 3.63) is 60.7 Å². The van der Waals surface area contributed by atoms with Crippen molar-refractivity contribution in [2.24, 2.45) is 0 Å². The van der Waals surface area contributed by atoms with Gasteiger partial charge in [-0.25, -0.2) is 4.57 Å². The minimum absolute atomic E-state index is 0.0214. The van der Waals surface area contributed by atoms with Gasteiger partial charge in [-0.1, -0.05) is 36.4 Å². The first kappa shape index (κ1) is 16.6. The van der Waals surface area contributed by atoms with Crippen molar-refractivity contribution in [1.29, 1.82) is 0 Å². The molecule has 0 bridgehead atoms. The summed E-state index contributed by atoms with van der Waals surface area (Å²) >= 11 is 0. The Bertz CT molecular complexity index is 692. The van der Waals surface area contributed by atoms with E-state index in [4.69, 9.17) is 23.0 Å². The SMILES string of the molecule is O=P(Oc1ccccc1)(Oc1ccccc1)OC1COC2CCOC21. The summed E-state index contributed by atoms with van der Waals surface area (Å²) in [6.45, 7) is 0.911. The summed E-state index contributed by atoms with van der Waals surface area (Å²) in [5.41, 5.74) is 0. The first-order valence-corrected chi connectivity index (χ1v) is 9.69. The van der Waals surface area contributed by atoms with E-state index in [9.17, 15) is 4.57 Å². The molecule has 0 radical (unpaired) electrons. The molecule has 0 aliphatic carbocycles. The zero-order chi connectivity index (χ0) is 17.1. The minimum Gasteiger partial charge on any atom is -0.395 e. The van der Waals surface area contributed by atoms with Gasteiger partial charge in [0, 0.05) is 6.61 Å². The zero-order valence-corrected chi connectivity index (χ0v) is 14.4. The van der Waals surface area contributed by atoms with Gasteiger partial charge in [0.05, 0.1) is 12.7 Å². The van der Waals surface area contributed by atoms with Crippen LogP contribution in [-0.2, 0) is 18.6 Å². The van der Waals surface area contributed by atoms with Crippen molar-refractivity contribution >= 4 is 7.82 Å². The molecule has 25 heavy (non-hydrogen) atoms. The predicted octanol–water partition coefficient (Wildman–Crippen LogP) is 3.83. The normalized spacial score (nSPS) is 25.5. The van der Waals surface area contributed by atoms with Crippen LogP contribution in [0.5, 0.6) is 11.5 Å². The Balaban J connectivity index is 1.55. The van der Waals surface area contributed by atoms with Crippen molar-refractivity contribution in [1.82, 2.24) is 0 Å². The highest BCUT2D eigenvalue weighted by atomic mass is 31.2. The third-order valence-electron chi connectivity index (χ3n) is 4.11. The smallest absolute Gasteiger partial charge is 0.395 e. The number of phosphoric ester groups is 1. The van der Waals surface area contributed by atoms with Crippen LogP contribution in [0, 0.1) is 0 Å². The maximum atomic E-state index is 13.3. The summed E-state index contributed by atoms with van der Waals surface area (Å²) < 4.78 is 41.6. The van der Waals surface area contributed by atoms with Crippen molar-refractivity contribution in [3.63, 3.8) is 0 Å². The third-order valence-corrected chi connectivity index (χ3v) is 5.50.